The number of sulfonamides is 1. The van der Waals surface area contributed by atoms with Crippen LogP contribution >= 0.6 is 0 Å². The quantitative estimate of drug-likeness (QED) is 0.201. The molecule has 7 atom stereocenters. The summed E-state index contributed by atoms with van der Waals surface area (Å²) in [6.07, 6.45) is 2.23. The van der Waals surface area contributed by atoms with Crippen molar-refractivity contribution in [3.05, 3.63) is 78.4 Å². The van der Waals surface area contributed by atoms with Gasteiger partial charge < -0.3 is 20.5 Å². The van der Waals surface area contributed by atoms with E-state index in [4.69, 9.17) is 4.74 Å². The molecule has 0 bridgehead atoms. The number of methoxy groups -OCH3 is 1. The number of aliphatic hydroxyl groups excluding tert-OH is 1. The molecule has 10 nitrogen and oxygen atoms in total. The van der Waals surface area contributed by atoms with Crippen LogP contribution in [0.1, 0.15) is 52.0 Å². The fraction of sp³-hybridized carbons (Fsp3) is 0.500. The molecule has 3 aromatic carbocycles. The lowest BCUT2D eigenvalue weighted by Crippen LogP contribution is -2.55. The first-order valence-corrected chi connectivity index (χ1v) is 19.5. The molecule has 48 heavy (non-hydrogen) atoms. The first kappa shape index (κ1) is 37.7. The zero-order valence-electron chi connectivity index (χ0n) is 28.3. The van der Waals surface area contributed by atoms with Crippen molar-refractivity contribution in [3.8, 4) is 0 Å². The summed E-state index contributed by atoms with van der Waals surface area (Å²) < 4.78 is 46.5. The summed E-state index contributed by atoms with van der Waals surface area (Å²) in [5, 5.41) is 19.3. The van der Waals surface area contributed by atoms with Crippen molar-refractivity contribution < 1.29 is 32.1 Å². The Morgan fingerprint density at radius 3 is 2.33 bits per heavy atom. The van der Waals surface area contributed by atoms with Crippen molar-refractivity contribution in [3.63, 3.8) is 0 Å². The Morgan fingerprint density at radius 1 is 1.00 bits per heavy atom. The molecule has 0 aromatic heterocycles. The second kappa shape index (κ2) is 16.5. The average Bonchev–Trinajstić information content (AvgIpc) is 3.03. The average molecular weight is 700 g/mol. The maximum Gasteiger partial charge on any atom is 0.239 e. The van der Waals surface area contributed by atoms with E-state index in [0.29, 0.717) is 17.7 Å². The largest absolute Gasteiger partial charge is 0.391 e. The summed E-state index contributed by atoms with van der Waals surface area (Å²) in [6.45, 7) is 5.77. The fourth-order valence-corrected chi connectivity index (χ4v) is 8.63. The van der Waals surface area contributed by atoms with Crippen molar-refractivity contribution in [1.82, 2.24) is 15.4 Å². The Kier molecular flexibility index (Phi) is 12.9. The van der Waals surface area contributed by atoms with Crippen LogP contribution in [0.15, 0.2) is 77.7 Å². The number of carbonyl (C=O) groups is 2. The summed E-state index contributed by atoms with van der Waals surface area (Å²) in [6, 6.07) is 20.0. The van der Waals surface area contributed by atoms with Crippen molar-refractivity contribution in [2.24, 2.45) is 11.8 Å². The molecular weight excluding hydrogens is 651 g/mol. The number of carbonyl (C=O) groups excluding carboxylic acids is 2. The number of ether oxygens (including phenoxy) is 1. The number of rotatable bonds is 14. The third-order valence-electron chi connectivity index (χ3n) is 8.73. The molecule has 0 heterocycles. The molecule has 2 amide bonds. The highest BCUT2D eigenvalue weighted by Crippen LogP contribution is 2.36. The summed E-state index contributed by atoms with van der Waals surface area (Å²) >= 11 is 0. The van der Waals surface area contributed by atoms with Gasteiger partial charge >= 0.3 is 0 Å². The van der Waals surface area contributed by atoms with Gasteiger partial charge in [0.15, 0.2) is 0 Å². The summed E-state index contributed by atoms with van der Waals surface area (Å²) in [4.78, 5) is 27.8. The smallest absolute Gasteiger partial charge is 0.239 e. The Balaban J connectivity index is 1.58. The molecule has 0 radical (unpaired) electrons. The minimum absolute atomic E-state index is 0.0700. The summed E-state index contributed by atoms with van der Waals surface area (Å²) in [7, 11) is -3.98. The van der Waals surface area contributed by atoms with E-state index in [1.54, 1.807) is 19.2 Å². The van der Waals surface area contributed by atoms with Gasteiger partial charge in [0.1, 0.15) is 6.04 Å². The minimum atomic E-state index is -3.88. The molecule has 4 rings (SSSR count). The maximum atomic E-state index is 13.9. The van der Waals surface area contributed by atoms with Gasteiger partial charge in [-0.3, -0.25) is 13.8 Å². The van der Waals surface area contributed by atoms with Crippen LogP contribution in [0, 0.1) is 11.8 Å². The molecule has 1 saturated carbocycles. The maximum absolute atomic E-state index is 13.9. The molecule has 1 aliphatic carbocycles. The van der Waals surface area contributed by atoms with Crippen LogP contribution in [0.25, 0.3) is 10.8 Å². The van der Waals surface area contributed by atoms with E-state index in [1.165, 1.54) is 0 Å². The Morgan fingerprint density at radius 2 is 1.67 bits per heavy atom. The summed E-state index contributed by atoms with van der Waals surface area (Å²) in [5.74, 6) is -1.67. The van der Waals surface area contributed by atoms with E-state index in [9.17, 15) is 27.3 Å². The number of nitrogens with one attached hydrogen (secondary N) is 3. The van der Waals surface area contributed by atoms with Crippen LogP contribution in [0.2, 0.25) is 0 Å². The monoisotopic (exact) mass is 699 g/mol. The van der Waals surface area contributed by atoms with E-state index in [1.807, 2.05) is 81.4 Å². The topological polar surface area (TPSA) is 151 Å². The standard InChI is InChI=1S/C36H49N3O7S2/c1-36(2,3)38-34(41)29-22-27(46-4)19-18-26(29)21-32(40)30(20-24-12-7-6-8-13-24)37-35(42)31(39-48(5,44)45)23-47(43)33-17-11-15-25-14-9-10-16-28(25)33/h6-17,26-27,29-32,39-40H,18-23H2,1-5H3,(H,37,42)(H,38,41)/t26?,27?,29?,30-,31+,32+,47?/m0/s1. The van der Waals surface area contributed by atoms with Crippen LogP contribution in [-0.4, -0.2) is 78.5 Å². The highest BCUT2D eigenvalue weighted by atomic mass is 32.2. The van der Waals surface area contributed by atoms with Gasteiger partial charge in [0.2, 0.25) is 21.8 Å². The van der Waals surface area contributed by atoms with Crippen molar-refractivity contribution in [1.29, 1.82) is 0 Å². The highest BCUT2D eigenvalue weighted by molar-refractivity contribution is 7.89. The number of aliphatic hydroxyl groups is 1. The van der Waals surface area contributed by atoms with Crippen LogP contribution in [0.5, 0.6) is 0 Å². The lowest BCUT2D eigenvalue weighted by atomic mass is 9.73. The molecule has 3 aromatic rings. The molecule has 4 unspecified atom stereocenters. The molecule has 0 aliphatic heterocycles. The molecule has 12 heteroatoms. The van der Waals surface area contributed by atoms with Crippen LogP contribution < -0.4 is 15.4 Å². The number of hydrogen-bond acceptors (Lipinski definition) is 7. The van der Waals surface area contributed by atoms with Crippen molar-refractivity contribution in [2.75, 3.05) is 19.1 Å². The molecule has 4 N–H and O–H groups in total. The lowest BCUT2D eigenvalue weighted by molar-refractivity contribution is -0.132. The number of benzene rings is 3. The van der Waals surface area contributed by atoms with Gasteiger partial charge in [-0.15, -0.1) is 0 Å². The third kappa shape index (κ3) is 10.9. The van der Waals surface area contributed by atoms with E-state index >= 15 is 0 Å². The molecule has 1 aliphatic rings. The van der Waals surface area contributed by atoms with E-state index in [-0.39, 0.29) is 36.5 Å². The third-order valence-corrected chi connectivity index (χ3v) is 10.9. The van der Waals surface area contributed by atoms with Crippen molar-refractivity contribution >= 4 is 43.4 Å². The fourth-order valence-electron chi connectivity index (χ4n) is 6.44. The van der Waals surface area contributed by atoms with Gasteiger partial charge in [-0.2, -0.15) is 0 Å². The number of amides is 2. The predicted octanol–water partition coefficient (Wildman–Crippen LogP) is 3.69. The van der Waals surface area contributed by atoms with Crippen LogP contribution in [0.3, 0.4) is 0 Å². The Hall–Kier alpha value is -3.16. The Labute approximate surface area is 286 Å². The summed E-state index contributed by atoms with van der Waals surface area (Å²) in [5.41, 5.74) is 0.427. The number of hydrogen-bond donors (Lipinski definition) is 4. The zero-order chi connectivity index (χ0) is 35.1. The van der Waals surface area contributed by atoms with Crippen LogP contribution in [-0.2, 0) is 41.6 Å². The first-order chi connectivity index (χ1) is 22.6. The van der Waals surface area contributed by atoms with Crippen LogP contribution in [0.4, 0.5) is 0 Å². The minimum Gasteiger partial charge on any atom is -0.391 e. The normalized spacial score (nSPS) is 21.2. The number of fused-ring (bicyclic) bond motifs is 1. The van der Waals surface area contributed by atoms with Crippen molar-refractivity contribution in [2.45, 2.75) is 87.6 Å². The van der Waals surface area contributed by atoms with Gasteiger partial charge in [-0.25, -0.2) is 13.1 Å². The van der Waals surface area contributed by atoms with E-state index < -0.39 is 56.4 Å². The second-order valence-corrected chi connectivity index (χ2v) is 17.1. The highest BCUT2D eigenvalue weighted by Gasteiger charge is 2.39. The lowest BCUT2D eigenvalue weighted by Gasteiger charge is -2.38. The van der Waals surface area contributed by atoms with Gasteiger partial charge in [-0.05, 0) is 81.2 Å². The molecule has 0 spiro atoms. The Bertz CT molecular complexity index is 1670. The zero-order valence-corrected chi connectivity index (χ0v) is 30.0. The van der Waals surface area contributed by atoms with Gasteiger partial charge in [0, 0.05) is 23.5 Å². The SMILES string of the molecule is COC1CCC(C[C@@H](O)[C@H](Cc2ccccc2)NC(=O)[C@@H](CS(=O)c2cccc3ccccc23)NS(C)(=O)=O)C(C(=O)NC(C)(C)C)C1. The first-order valence-electron chi connectivity index (χ1n) is 16.3. The molecule has 262 valence electrons. The second-order valence-electron chi connectivity index (χ2n) is 13.8. The van der Waals surface area contributed by atoms with Gasteiger partial charge in [0.25, 0.3) is 0 Å². The molecule has 0 saturated heterocycles. The van der Waals surface area contributed by atoms with E-state index in [2.05, 4.69) is 15.4 Å². The molecule has 1 fully saturated rings. The van der Waals surface area contributed by atoms with E-state index in [0.717, 1.165) is 29.0 Å². The van der Waals surface area contributed by atoms with Gasteiger partial charge in [-0.1, -0.05) is 66.7 Å². The molecular formula is C36H49N3O7S2. The van der Waals surface area contributed by atoms with Gasteiger partial charge in [0.05, 0.1) is 41.1 Å². The predicted molar refractivity (Wildman–Crippen MR) is 189 cm³/mol.